The summed E-state index contributed by atoms with van der Waals surface area (Å²) in [6.07, 6.45) is 3.04. The number of hydrogen-bond donors (Lipinski definition) is 1. The van der Waals surface area contributed by atoms with Crippen LogP contribution in [-0.4, -0.2) is 26.8 Å². The molecule has 0 radical (unpaired) electrons. The van der Waals surface area contributed by atoms with Crippen LogP contribution >= 0.6 is 0 Å². The van der Waals surface area contributed by atoms with Crippen LogP contribution < -0.4 is 5.32 Å². The van der Waals surface area contributed by atoms with Crippen LogP contribution in [0, 0.1) is 0 Å². The third kappa shape index (κ3) is 2.90. The van der Waals surface area contributed by atoms with Crippen molar-refractivity contribution in [2.45, 2.75) is 51.7 Å². The first-order valence-corrected chi connectivity index (χ1v) is 7.43. The number of nitrogens with zero attached hydrogens (tertiary/aromatic N) is 3. The first-order chi connectivity index (χ1) is 9.72. The average molecular weight is 270 g/mol. The molecule has 1 aromatic carbocycles. The molecule has 1 N–H and O–H groups in total. The highest BCUT2D eigenvalue weighted by Gasteiger charge is 2.22. The smallest absolute Gasteiger partial charge is 0.137 e. The molecule has 0 bridgehead atoms. The molecule has 4 nitrogen and oxygen atoms in total. The van der Waals surface area contributed by atoms with E-state index in [1.807, 2.05) is 6.07 Å². The lowest BCUT2D eigenvalue weighted by Gasteiger charge is -2.27. The molecular formula is C16H22N4. The monoisotopic (exact) mass is 270 g/mol. The second-order valence-electron chi connectivity index (χ2n) is 5.86. The Hall–Kier alpha value is -1.68. The number of hydrogen-bond acceptors (Lipinski definition) is 3. The van der Waals surface area contributed by atoms with Crippen molar-refractivity contribution in [2.75, 3.05) is 0 Å². The maximum atomic E-state index is 4.39. The van der Waals surface area contributed by atoms with E-state index in [0.29, 0.717) is 12.1 Å². The lowest BCUT2D eigenvalue weighted by molar-refractivity contribution is 0.353. The van der Waals surface area contributed by atoms with Gasteiger partial charge in [-0.15, -0.1) is 10.2 Å². The van der Waals surface area contributed by atoms with E-state index < -0.39 is 0 Å². The Bertz CT molecular complexity index is 559. The first-order valence-electron chi connectivity index (χ1n) is 7.43. The Balaban J connectivity index is 1.77. The van der Waals surface area contributed by atoms with Crippen LogP contribution in [0.1, 0.15) is 37.5 Å². The van der Waals surface area contributed by atoms with E-state index in [9.17, 15) is 0 Å². The Labute approximate surface area is 120 Å². The van der Waals surface area contributed by atoms with Gasteiger partial charge >= 0.3 is 0 Å². The molecule has 2 heterocycles. The topological polar surface area (TPSA) is 42.7 Å². The first kappa shape index (κ1) is 13.3. The fraction of sp³-hybridized carbons (Fsp3) is 0.500. The van der Waals surface area contributed by atoms with Crippen molar-refractivity contribution in [3.63, 3.8) is 0 Å². The summed E-state index contributed by atoms with van der Waals surface area (Å²) >= 11 is 0. The summed E-state index contributed by atoms with van der Waals surface area (Å²) in [7, 11) is 0. The molecule has 1 atom stereocenters. The number of nitrogens with one attached hydrogen (secondary N) is 1. The van der Waals surface area contributed by atoms with Crippen LogP contribution in [0.15, 0.2) is 30.3 Å². The van der Waals surface area contributed by atoms with Gasteiger partial charge in [0.1, 0.15) is 11.6 Å². The molecule has 4 heteroatoms. The van der Waals surface area contributed by atoms with Crippen molar-refractivity contribution in [2.24, 2.45) is 0 Å². The zero-order valence-electron chi connectivity index (χ0n) is 12.2. The molecule has 1 aliphatic rings. The van der Waals surface area contributed by atoms with Crippen LogP contribution in [0.3, 0.4) is 0 Å². The lowest BCUT2D eigenvalue weighted by atomic mass is 10.1. The maximum Gasteiger partial charge on any atom is 0.137 e. The number of rotatable bonds is 4. The molecule has 1 aromatic heterocycles. The molecule has 0 fully saturated rings. The highest BCUT2D eigenvalue weighted by Crippen LogP contribution is 2.17. The molecule has 1 unspecified atom stereocenters. The zero-order valence-corrected chi connectivity index (χ0v) is 12.2. The van der Waals surface area contributed by atoms with Gasteiger partial charge in [-0.25, -0.2) is 0 Å². The Morgan fingerprint density at radius 2 is 2.05 bits per heavy atom. The molecular weight excluding hydrogens is 248 g/mol. The molecule has 3 rings (SSSR count). The van der Waals surface area contributed by atoms with Gasteiger partial charge in [0.15, 0.2) is 0 Å². The van der Waals surface area contributed by atoms with E-state index in [2.05, 4.69) is 58.2 Å². The molecule has 2 aromatic rings. The number of benzene rings is 1. The van der Waals surface area contributed by atoms with Crippen molar-refractivity contribution in [3.8, 4) is 0 Å². The molecule has 20 heavy (non-hydrogen) atoms. The highest BCUT2D eigenvalue weighted by atomic mass is 15.3. The second-order valence-corrected chi connectivity index (χ2v) is 5.86. The molecule has 0 aliphatic carbocycles. The predicted octanol–water partition coefficient (Wildman–Crippen LogP) is 2.18. The predicted molar refractivity (Wildman–Crippen MR) is 79.7 cm³/mol. The Morgan fingerprint density at radius 1 is 1.25 bits per heavy atom. The minimum Gasteiger partial charge on any atom is -0.313 e. The normalized spacial score (nSPS) is 18.2. The summed E-state index contributed by atoms with van der Waals surface area (Å²) in [5.41, 5.74) is 1.29. The van der Waals surface area contributed by atoms with Crippen molar-refractivity contribution < 1.29 is 0 Å². The highest BCUT2D eigenvalue weighted by molar-refractivity contribution is 5.19. The van der Waals surface area contributed by atoms with Crippen LogP contribution in [-0.2, 0) is 19.4 Å². The van der Waals surface area contributed by atoms with E-state index >= 15 is 0 Å². The van der Waals surface area contributed by atoms with E-state index in [-0.39, 0.29) is 0 Å². The van der Waals surface area contributed by atoms with Gasteiger partial charge in [0.05, 0.1) is 0 Å². The van der Waals surface area contributed by atoms with Crippen LogP contribution in [0.4, 0.5) is 0 Å². The molecule has 106 valence electrons. The van der Waals surface area contributed by atoms with Crippen molar-refractivity contribution in [3.05, 3.63) is 47.5 Å². The third-order valence-corrected chi connectivity index (χ3v) is 3.80. The van der Waals surface area contributed by atoms with E-state index in [1.165, 1.54) is 5.56 Å². The summed E-state index contributed by atoms with van der Waals surface area (Å²) in [6.45, 7) is 5.39. The van der Waals surface area contributed by atoms with Crippen LogP contribution in [0.2, 0.25) is 0 Å². The van der Waals surface area contributed by atoms with Gasteiger partial charge in [0.25, 0.3) is 0 Å². The van der Waals surface area contributed by atoms with E-state index in [1.54, 1.807) is 0 Å². The molecule has 0 saturated heterocycles. The number of fused-ring (bicyclic) bond motifs is 1. The van der Waals surface area contributed by atoms with Crippen molar-refractivity contribution >= 4 is 0 Å². The Morgan fingerprint density at radius 3 is 2.80 bits per heavy atom. The second kappa shape index (κ2) is 5.75. The van der Waals surface area contributed by atoms with Gasteiger partial charge in [0.2, 0.25) is 0 Å². The fourth-order valence-electron chi connectivity index (χ4n) is 2.90. The SMILES string of the molecule is CC(C)NC1CCc2nnc(Cc3ccccc3)n2C1. The van der Waals surface area contributed by atoms with Gasteiger partial charge in [-0.2, -0.15) is 0 Å². The molecule has 0 spiro atoms. The molecule has 1 aliphatic heterocycles. The largest absolute Gasteiger partial charge is 0.313 e. The van der Waals surface area contributed by atoms with Gasteiger partial charge in [0, 0.05) is 31.5 Å². The minimum atomic E-state index is 0.524. The zero-order chi connectivity index (χ0) is 13.9. The van der Waals surface area contributed by atoms with Gasteiger partial charge < -0.3 is 9.88 Å². The van der Waals surface area contributed by atoms with Gasteiger partial charge in [-0.05, 0) is 12.0 Å². The summed E-state index contributed by atoms with van der Waals surface area (Å²) in [5.74, 6) is 2.22. The van der Waals surface area contributed by atoms with E-state index in [0.717, 1.165) is 37.5 Å². The lowest BCUT2D eigenvalue weighted by Crippen LogP contribution is -2.41. The quantitative estimate of drug-likeness (QED) is 0.926. The summed E-state index contributed by atoms with van der Waals surface area (Å²) in [5, 5.41) is 12.4. The van der Waals surface area contributed by atoms with Crippen molar-refractivity contribution in [1.29, 1.82) is 0 Å². The van der Waals surface area contributed by atoms with Gasteiger partial charge in [-0.3, -0.25) is 0 Å². The third-order valence-electron chi connectivity index (χ3n) is 3.80. The summed E-state index contributed by atoms with van der Waals surface area (Å²) in [6, 6.07) is 11.6. The number of aryl methyl sites for hydroxylation is 1. The van der Waals surface area contributed by atoms with E-state index in [4.69, 9.17) is 0 Å². The standard InChI is InChI=1S/C16H22N4/c1-12(2)17-14-8-9-15-18-19-16(20(15)11-14)10-13-6-4-3-5-7-13/h3-7,12,14,17H,8-11H2,1-2H3. The van der Waals surface area contributed by atoms with Gasteiger partial charge in [-0.1, -0.05) is 44.2 Å². The maximum absolute atomic E-state index is 4.39. The number of aromatic nitrogens is 3. The Kier molecular flexibility index (Phi) is 3.83. The molecule has 0 amide bonds. The summed E-state index contributed by atoms with van der Waals surface area (Å²) in [4.78, 5) is 0. The molecule has 0 saturated carbocycles. The summed E-state index contributed by atoms with van der Waals surface area (Å²) < 4.78 is 2.30. The van der Waals surface area contributed by atoms with Crippen molar-refractivity contribution in [1.82, 2.24) is 20.1 Å². The average Bonchev–Trinajstić information content (AvgIpc) is 2.82. The van der Waals surface area contributed by atoms with Crippen LogP contribution in [0.25, 0.3) is 0 Å². The minimum absolute atomic E-state index is 0.524. The fourth-order valence-corrected chi connectivity index (χ4v) is 2.90. The van der Waals surface area contributed by atoms with Crippen LogP contribution in [0.5, 0.6) is 0 Å².